The summed E-state index contributed by atoms with van der Waals surface area (Å²) in [6, 6.07) is 0. The third-order valence-electron chi connectivity index (χ3n) is 1.24. The maximum Gasteiger partial charge on any atom is 0.390 e. The largest absolute Gasteiger partial charge is 0.505 e. The van der Waals surface area contributed by atoms with Crippen molar-refractivity contribution in [2.45, 2.75) is 19.1 Å². The first-order valence-electron chi connectivity index (χ1n) is 3.25. The van der Waals surface area contributed by atoms with E-state index in [4.69, 9.17) is 5.11 Å². The Hall–Kier alpha value is -1.20. The van der Waals surface area contributed by atoms with Crippen molar-refractivity contribution < 1.29 is 18.3 Å². The van der Waals surface area contributed by atoms with Crippen molar-refractivity contribution in [3.63, 3.8) is 0 Å². The van der Waals surface area contributed by atoms with Gasteiger partial charge in [-0.25, -0.2) is 0 Å². The van der Waals surface area contributed by atoms with Crippen LogP contribution in [-0.2, 0) is 6.54 Å². The second-order valence-corrected chi connectivity index (χ2v) is 2.33. The van der Waals surface area contributed by atoms with Gasteiger partial charge in [0.15, 0.2) is 5.75 Å². The fourth-order valence-corrected chi connectivity index (χ4v) is 0.716. The van der Waals surface area contributed by atoms with Gasteiger partial charge in [-0.15, -0.1) is 0 Å². The molecule has 0 fully saturated rings. The Morgan fingerprint density at radius 3 is 2.58 bits per heavy atom. The van der Waals surface area contributed by atoms with Crippen molar-refractivity contribution >= 4 is 0 Å². The molecule has 0 atom stereocenters. The third kappa shape index (κ3) is 2.81. The van der Waals surface area contributed by atoms with Crippen LogP contribution in [-0.4, -0.2) is 21.1 Å². The monoisotopic (exact) mass is 180 g/mol. The van der Waals surface area contributed by atoms with Gasteiger partial charge in [-0.3, -0.25) is 4.68 Å². The van der Waals surface area contributed by atoms with Crippen LogP contribution in [0.1, 0.15) is 6.42 Å². The quantitative estimate of drug-likeness (QED) is 0.749. The molecule has 1 aromatic rings. The summed E-state index contributed by atoms with van der Waals surface area (Å²) >= 11 is 0. The first kappa shape index (κ1) is 8.89. The molecule has 1 rings (SSSR count). The number of halogens is 3. The molecule has 0 bridgehead atoms. The van der Waals surface area contributed by atoms with E-state index in [0.29, 0.717) is 0 Å². The number of hydrogen-bond donors (Lipinski definition) is 1. The summed E-state index contributed by atoms with van der Waals surface area (Å²) < 4.78 is 36.0. The maximum atomic E-state index is 11.6. The van der Waals surface area contributed by atoms with Gasteiger partial charge in [-0.1, -0.05) is 0 Å². The molecule has 0 unspecified atom stereocenters. The van der Waals surface area contributed by atoms with Crippen molar-refractivity contribution in [1.29, 1.82) is 0 Å². The number of hydrogen-bond acceptors (Lipinski definition) is 2. The Bertz CT molecular complexity index is 256. The standard InChI is InChI=1S/C6H7F3N2O/c7-6(8,9)1-2-11-4-5(12)3-10-11/h3-4,12H,1-2H2. The summed E-state index contributed by atoms with van der Waals surface area (Å²) in [6.07, 6.45) is -2.88. The zero-order chi connectivity index (χ0) is 9.19. The van der Waals surface area contributed by atoms with Crippen LogP contribution in [0.3, 0.4) is 0 Å². The van der Waals surface area contributed by atoms with Gasteiger partial charge in [-0.2, -0.15) is 18.3 Å². The Morgan fingerprint density at radius 1 is 1.50 bits per heavy atom. The SMILES string of the molecule is Oc1cnn(CCC(F)(F)F)c1. The van der Waals surface area contributed by atoms with E-state index in [1.165, 1.54) is 0 Å². The zero-order valence-corrected chi connectivity index (χ0v) is 6.04. The lowest BCUT2D eigenvalue weighted by molar-refractivity contribution is -0.137. The predicted octanol–water partition coefficient (Wildman–Crippen LogP) is 1.54. The summed E-state index contributed by atoms with van der Waals surface area (Å²) in [5.74, 6) is -0.128. The molecule has 1 aromatic heterocycles. The molecule has 0 spiro atoms. The topological polar surface area (TPSA) is 38.1 Å². The van der Waals surface area contributed by atoms with Crippen LogP contribution in [0, 0.1) is 0 Å². The lowest BCUT2D eigenvalue weighted by Crippen LogP contribution is -2.12. The van der Waals surface area contributed by atoms with Crippen LogP contribution in [0.5, 0.6) is 5.75 Å². The zero-order valence-electron chi connectivity index (χ0n) is 6.04. The molecule has 0 aromatic carbocycles. The van der Waals surface area contributed by atoms with E-state index in [9.17, 15) is 13.2 Å². The smallest absolute Gasteiger partial charge is 0.390 e. The van der Waals surface area contributed by atoms with E-state index in [0.717, 1.165) is 17.1 Å². The molecule has 0 saturated heterocycles. The van der Waals surface area contributed by atoms with Gasteiger partial charge in [0.2, 0.25) is 0 Å². The summed E-state index contributed by atoms with van der Waals surface area (Å²) in [7, 11) is 0. The van der Waals surface area contributed by atoms with Gasteiger partial charge in [0, 0.05) is 6.54 Å². The lowest BCUT2D eigenvalue weighted by atomic mass is 10.4. The molecular formula is C6H7F3N2O. The summed E-state index contributed by atoms with van der Waals surface area (Å²) in [6.45, 7) is -0.260. The van der Waals surface area contributed by atoms with E-state index in [1.807, 2.05) is 0 Å². The fraction of sp³-hybridized carbons (Fsp3) is 0.500. The van der Waals surface area contributed by atoms with Crippen LogP contribution < -0.4 is 0 Å². The molecule has 1 N–H and O–H groups in total. The number of aromatic hydroxyl groups is 1. The van der Waals surface area contributed by atoms with Crippen molar-refractivity contribution in [1.82, 2.24) is 9.78 Å². The highest BCUT2D eigenvalue weighted by atomic mass is 19.4. The van der Waals surface area contributed by atoms with Crippen LogP contribution in [0.4, 0.5) is 13.2 Å². The molecule has 0 saturated carbocycles. The second-order valence-electron chi connectivity index (χ2n) is 2.33. The fourth-order valence-electron chi connectivity index (χ4n) is 0.716. The normalized spacial score (nSPS) is 11.9. The maximum absolute atomic E-state index is 11.6. The van der Waals surface area contributed by atoms with E-state index in [-0.39, 0.29) is 12.3 Å². The molecule has 0 amide bonds. The van der Waals surface area contributed by atoms with Crippen molar-refractivity contribution in [2.24, 2.45) is 0 Å². The van der Waals surface area contributed by atoms with Gasteiger partial charge < -0.3 is 5.11 Å². The highest BCUT2D eigenvalue weighted by Crippen LogP contribution is 2.20. The molecule has 12 heavy (non-hydrogen) atoms. The molecule has 3 nitrogen and oxygen atoms in total. The average Bonchev–Trinajstić information content (AvgIpc) is 2.30. The lowest BCUT2D eigenvalue weighted by Gasteiger charge is -2.04. The molecule has 0 aliphatic carbocycles. The first-order valence-corrected chi connectivity index (χ1v) is 3.25. The highest BCUT2D eigenvalue weighted by Gasteiger charge is 2.26. The van der Waals surface area contributed by atoms with E-state index >= 15 is 0 Å². The summed E-state index contributed by atoms with van der Waals surface area (Å²) in [5, 5.41) is 12.2. The average molecular weight is 180 g/mol. The predicted molar refractivity (Wildman–Crippen MR) is 34.6 cm³/mol. The van der Waals surface area contributed by atoms with Crippen molar-refractivity contribution in [2.75, 3.05) is 0 Å². The van der Waals surface area contributed by atoms with Crippen LogP contribution in [0.25, 0.3) is 0 Å². The second kappa shape index (κ2) is 3.04. The van der Waals surface area contributed by atoms with Gasteiger partial charge in [0.05, 0.1) is 18.8 Å². The molecule has 0 radical (unpaired) electrons. The minimum absolute atomic E-state index is 0.128. The van der Waals surface area contributed by atoms with Gasteiger partial charge >= 0.3 is 6.18 Å². The van der Waals surface area contributed by atoms with E-state index in [2.05, 4.69) is 5.10 Å². The number of alkyl halides is 3. The molecular weight excluding hydrogens is 173 g/mol. The summed E-state index contributed by atoms with van der Waals surface area (Å²) in [5.41, 5.74) is 0. The Labute approximate surface area is 66.4 Å². The van der Waals surface area contributed by atoms with E-state index in [1.54, 1.807) is 0 Å². The Morgan fingerprint density at radius 2 is 2.17 bits per heavy atom. The molecule has 0 aliphatic rings. The summed E-state index contributed by atoms with van der Waals surface area (Å²) in [4.78, 5) is 0. The van der Waals surface area contributed by atoms with Crippen LogP contribution >= 0.6 is 0 Å². The number of aromatic nitrogens is 2. The van der Waals surface area contributed by atoms with Crippen molar-refractivity contribution in [3.8, 4) is 5.75 Å². The Kier molecular flexibility index (Phi) is 2.25. The van der Waals surface area contributed by atoms with Gasteiger partial charge in [0.1, 0.15) is 0 Å². The molecule has 1 heterocycles. The minimum atomic E-state index is -4.18. The molecule has 6 heteroatoms. The minimum Gasteiger partial charge on any atom is -0.505 e. The number of nitrogens with zero attached hydrogens (tertiary/aromatic N) is 2. The molecule has 0 aliphatic heterocycles. The van der Waals surface area contributed by atoms with Crippen LogP contribution in [0.15, 0.2) is 12.4 Å². The van der Waals surface area contributed by atoms with Crippen molar-refractivity contribution in [3.05, 3.63) is 12.4 Å². The van der Waals surface area contributed by atoms with Crippen LogP contribution in [0.2, 0.25) is 0 Å². The first-order chi connectivity index (χ1) is 5.47. The Balaban J connectivity index is 2.44. The number of rotatable bonds is 2. The molecule has 68 valence electrons. The van der Waals surface area contributed by atoms with Gasteiger partial charge in [0.25, 0.3) is 0 Å². The van der Waals surface area contributed by atoms with Gasteiger partial charge in [-0.05, 0) is 0 Å². The third-order valence-corrected chi connectivity index (χ3v) is 1.24. The van der Waals surface area contributed by atoms with E-state index < -0.39 is 12.6 Å². The highest BCUT2D eigenvalue weighted by molar-refractivity contribution is 5.08. The number of aryl methyl sites for hydroxylation is 1.